The summed E-state index contributed by atoms with van der Waals surface area (Å²) in [6.45, 7) is 15.5. The molecule has 6 nitrogen and oxygen atoms in total. The molecule has 0 saturated carbocycles. The molecule has 24 heavy (non-hydrogen) atoms. The number of ether oxygens (including phenoxy) is 1. The number of piperazine rings is 1. The monoisotopic (exact) mass is 337 g/mol. The number of nitrogens with one attached hydrogen (secondary N) is 1. The fraction of sp³-hybridized carbons (Fsp3) is 0.944. The summed E-state index contributed by atoms with van der Waals surface area (Å²) in [6, 6.07) is 0.548. The molecule has 3 saturated heterocycles. The number of hydrogen-bond donors (Lipinski definition) is 1. The molecule has 0 aliphatic carbocycles. The smallest absolute Gasteiger partial charge is 0.193 e. The molecule has 3 fully saturated rings. The van der Waals surface area contributed by atoms with Crippen LogP contribution >= 0.6 is 0 Å². The number of hydrogen-bond acceptors (Lipinski definition) is 4. The number of likely N-dealkylation sites (N-methyl/N-ethyl adjacent to an activating group) is 1. The summed E-state index contributed by atoms with van der Waals surface area (Å²) in [6.07, 6.45) is 2.45. The first kappa shape index (κ1) is 18.0. The van der Waals surface area contributed by atoms with E-state index in [2.05, 4.69) is 38.9 Å². The van der Waals surface area contributed by atoms with E-state index in [1.165, 1.54) is 45.6 Å². The van der Waals surface area contributed by atoms with Crippen molar-refractivity contribution in [2.75, 3.05) is 72.6 Å². The molecule has 3 rings (SSSR count). The van der Waals surface area contributed by atoms with E-state index < -0.39 is 0 Å². The summed E-state index contributed by atoms with van der Waals surface area (Å²) >= 11 is 0. The lowest BCUT2D eigenvalue weighted by molar-refractivity contribution is 0.107. The Labute approximate surface area is 147 Å². The molecule has 0 bridgehead atoms. The molecule has 3 aliphatic rings. The average molecular weight is 338 g/mol. The summed E-state index contributed by atoms with van der Waals surface area (Å²) in [4.78, 5) is 12.1. The highest BCUT2D eigenvalue weighted by molar-refractivity contribution is 5.80. The Morgan fingerprint density at radius 1 is 1.21 bits per heavy atom. The van der Waals surface area contributed by atoms with Gasteiger partial charge in [-0.3, -0.25) is 9.89 Å². The van der Waals surface area contributed by atoms with Gasteiger partial charge in [-0.15, -0.1) is 0 Å². The minimum Gasteiger partial charge on any atom is -0.381 e. The maximum atomic E-state index is 5.64. The molecule has 0 radical (unpaired) electrons. The van der Waals surface area contributed by atoms with Gasteiger partial charge < -0.3 is 19.9 Å². The highest BCUT2D eigenvalue weighted by atomic mass is 16.5. The molecule has 1 N–H and O–H groups in total. The molecule has 6 heteroatoms. The lowest BCUT2D eigenvalue weighted by Crippen LogP contribution is -2.53. The van der Waals surface area contributed by atoms with Gasteiger partial charge in [0.15, 0.2) is 5.96 Å². The molecule has 1 spiro atoms. The normalized spacial score (nSPS) is 31.1. The minimum atomic E-state index is 0.389. The van der Waals surface area contributed by atoms with Crippen LogP contribution in [-0.4, -0.2) is 99.3 Å². The molecular formula is C18H35N5O. The van der Waals surface area contributed by atoms with Crippen LogP contribution in [0.5, 0.6) is 0 Å². The SMILES string of the molecule is CCN1CCN(C(C)CNC(=NC)N2CCC3(CCOC3)C2)CC1. The highest BCUT2D eigenvalue weighted by Crippen LogP contribution is 2.38. The first-order valence-electron chi connectivity index (χ1n) is 9.65. The number of aliphatic imine (C=N–C) groups is 1. The zero-order chi connectivity index (χ0) is 17.0. The van der Waals surface area contributed by atoms with Gasteiger partial charge in [0.25, 0.3) is 0 Å². The maximum absolute atomic E-state index is 5.64. The van der Waals surface area contributed by atoms with Crippen molar-refractivity contribution in [3.8, 4) is 0 Å². The lowest BCUT2D eigenvalue weighted by Gasteiger charge is -2.38. The van der Waals surface area contributed by atoms with Crippen LogP contribution in [0.3, 0.4) is 0 Å². The van der Waals surface area contributed by atoms with Crippen LogP contribution in [0.2, 0.25) is 0 Å². The third-order valence-electron chi connectivity index (χ3n) is 6.17. The first-order chi connectivity index (χ1) is 11.7. The Bertz CT molecular complexity index is 427. The van der Waals surface area contributed by atoms with Gasteiger partial charge in [-0.2, -0.15) is 0 Å². The Kier molecular flexibility index (Phi) is 6.00. The molecule has 2 atom stereocenters. The Morgan fingerprint density at radius 3 is 2.62 bits per heavy atom. The standard InChI is InChI=1S/C18H35N5O/c1-4-21-8-10-22(11-9-21)16(2)13-20-17(19-3)23-7-5-18(14-23)6-12-24-15-18/h16H,4-15H2,1-3H3,(H,19,20). The number of likely N-dealkylation sites (tertiary alicyclic amines) is 1. The van der Waals surface area contributed by atoms with Gasteiger partial charge in [-0.05, 0) is 26.3 Å². The summed E-state index contributed by atoms with van der Waals surface area (Å²) in [5, 5.41) is 3.62. The van der Waals surface area contributed by atoms with E-state index in [-0.39, 0.29) is 0 Å². The predicted octanol–water partition coefficient (Wildman–Crippen LogP) is 0.700. The van der Waals surface area contributed by atoms with Gasteiger partial charge in [0, 0.05) is 70.9 Å². The van der Waals surface area contributed by atoms with Gasteiger partial charge in [-0.25, -0.2) is 0 Å². The second kappa shape index (κ2) is 8.02. The molecule has 3 heterocycles. The van der Waals surface area contributed by atoms with Crippen molar-refractivity contribution in [3.05, 3.63) is 0 Å². The Hall–Kier alpha value is -0.850. The van der Waals surface area contributed by atoms with Crippen LogP contribution in [-0.2, 0) is 4.74 Å². The lowest BCUT2D eigenvalue weighted by atomic mass is 9.87. The topological polar surface area (TPSA) is 43.3 Å². The van der Waals surface area contributed by atoms with Crippen LogP contribution in [0.1, 0.15) is 26.7 Å². The van der Waals surface area contributed by atoms with Crippen molar-refractivity contribution in [3.63, 3.8) is 0 Å². The van der Waals surface area contributed by atoms with Crippen molar-refractivity contribution < 1.29 is 4.74 Å². The fourth-order valence-corrected chi connectivity index (χ4v) is 4.31. The van der Waals surface area contributed by atoms with Crippen molar-refractivity contribution >= 4 is 5.96 Å². The molecule has 0 aromatic rings. The third-order valence-corrected chi connectivity index (χ3v) is 6.17. The summed E-state index contributed by atoms with van der Waals surface area (Å²) in [5.41, 5.74) is 0.389. The summed E-state index contributed by atoms with van der Waals surface area (Å²) in [5.74, 6) is 1.07. The van der Waals surface area contributed by atoms with Gasteiger partial charge >= 0.3 is 0 Å². The van der Waals surface area contributed by atoms with Gasteiger partial charge in [0.2, 0.25) is 0 Å². The quantitative estimate of drug-likeness (QED) is 0.604. The van der Waals surface area contributed by atoms with Crippen LogP contribution in [0, 0.1) is 5.41 Å². The van der Waals surface area contributed by atoms with E-state index in [0.29, 0.717) is 11.5 Å². The van der Waals surface area contributed by atoms with E-state index in [1.807, 2.05) is 7.05 Å². The van der Waals surface area contributed by atoms with Crippen LogP contribution < -0.4 is 5.32 Å². The zero-order valence-corrected chi connectivity index (χ0v) is 15.8. The average Bonchev–Trinajstić information content (AvgIpc) is 3.26. The van der Waals surface area contributed by atoms with Gasteiger partial charge in [-0.1, -0.05) is 6.92 Å². The van der Waals surface area contributed by atoms with E-state index in [0.717, 1.165) is 38.8 Å². The van der Waals surface area contributed by atoms with Crippen LogP contribution in [0.15, 0.2) is 4.99 Å². The van der Waals surface area contributed by atoms with Crippen LogP contribution in [0.25, 0.3) is 0 Å². The second-order valence-electron chi connectivity index (χ2n) is 7.72. The van der Waals surface area contributed by atoms with Crippen molar-refractivity contribution in [1.82, 2.24) is 20.0 Å². The maximum Gasteiger partial charge on any atom is 0.193 e. The predicted molar refractivity (Wildman–Crippen MR) is 98.6 cm³/mol. The minimum absolute atomic E-state index is 0.389. The van der Waals surface area contributed by atoms with E-state index in [4.69, 9.17) is 4.74 Å². The van der Waals surface area contributed by atoms with E-state index in [1.54, 1.807) is 0 Å². The van der Waals surface area contributed by atoms with Crippen molar-refractivity contribution in [1.29, 1.82) is 0 Å². The molecule has 138 valence electrons. The van der Waals surface area contributed by atoms with Gasteiger partial charge in [0.05, 0.1) is 6.61 Å². The Balaban J connectivity index is 1.44. The van der Waals surface area contributed by atoms with Crippen molar-refractivity contribution in [2.45, 2.75) is 32.7 Å². The summed E-state index contributed by atoms with van der Waals surface area (Å²) < 4.78 is 5.64. The highest BCUT2D eigenvalue weighted by Gasteiger charge is 2.42. The second-order valence-corrected chi connectivity index (χ2v) is 7.72. The first-order valence-corrected chi connectivity index (χ1v) is 9.65. The van der Waals surface area contributed by atoms with Crippen LogP contribution in [0.4, 0.5) is 0 Å². The number of rotatable bonds is 4. The van der Waals surface area contributed by atoms with E-state index >= 15 is 0 Å². The largest absolute Gasteiger partial charge is 0.381 e. The molecule has 3 aliphatic heterocycles. The van der Waals surface area contributed by atoms with Gasteiger partial charge in [0.1, 0.15) is 0 Å². The fourth-order valence-electron chi connectivity index (χ4n) is 4.31. The summed E-state index contributed by atoms with van der Waals surface area (Å²) in [7, 11) is 1.91. The molecule has 0 aromatic heterocycles. The number of nitrogens with zero attached hydrogens (tertiary/aromatic N) is 4. The third kappa shape index (κ3) is 4.03. The Morgan fingerprint density at radius 2 is 2.00 bits per heavy atom. The molecule has 0 amide bonds. The zero-order valence-electron chi connectivity index (χ0n) is 15.8. The molecular weight excluding hydrogens is 302 g/mol. The molecule has 0 aromatic carbocycles. The number of guanidine groups is 1. The van der Waals surface area contributed by atoms with Crippen molar-refractivity contribution in [2.24, 2.45) is 10.4 Å². The van der Waals surface area contributed by atoms with E-state index in [9.17, 15) is 0 Å². The molecule has 2 unspecified atom stereocenters.